The zero-order valence-electron chi connectivity index (χ0n) is 15.4. The van der Waals surface area contributed by atoms with Crippen molar-refractivity contribution in [3.05, 3.63) is 71.6 Å². The molecule has 0 spiro atoms. The van der Waals surface area contributed by atoms with Crippen LogP contribution in [-0.4, -0.2) is 42.0 Å². The molecule has 0 fully saturated rings. The van der Waals surface area contributed by atoms with Crippen molar-refractivity contribution >= 4 is 11.6 Å². The van der Waals surface area contributed by atoms with Crippen LogP contribution in [0.2, 0.25) is 0 Å². The van der Waals surface area contributed by atoms with Crippen molar-refractivity contribution in [1.82, 2.24) is 15.2 Å². The van der Waals surface area contributed by atoms with Gasteiger partial charge in [-0.1, -0.05) is 36.4 Å². The molecule has 1 aliphatic rings. The number of rotatable bonds is 6. The number of aromatic nitrogens is 1. The topological polar surface area (TPSA) is 57.3 Å². The Balaban J connectivity index is 1.59. The lowest BCUT2D eigenvalue weighted by atomic mass is 10.0. The molecule has 26 heavy (non-hydrogen) atoms. The van der Waals surface area contributed by atoms with Crippen LogP contribution in [0.15, 0.2) is 60.3 Å². The number of hydrogen-bond acceptors (Lipinski definition) is 4. The normalized spacial score (nSPS) is 15.8. The lowest BCUT2D eigenvalue weighted by Crippen LogP contribution is -2.37. The highest BCUT2D eigenvalue weighted by Crippen LogP contribution is 2.15. The molecule has 0 saturated carbocycles. The maximum atomic E-state index is 12.5. The molecule has 0 bridgehead atoms. The van der Waals surface area contributed by atoms with Gasteiger partial charge >= 0.3 is 0 Å². The van der Waals surface area contributed by atoms with Crippen LogP contribution in [0.25, 0.3) is 0 Å². The van der Waals surface area contributed by atoms with Crippen LogP contribution in [0, 0.1) is 0 Å². The Bertz CT molecular complexity index is 773. The van der Waals surface area contributed by atoms with E-state index in [4.69, 9.17) is 0 Å². The number of hydrogen-bond donors (Lipinski definition) is 2. The summed E-state index contributed by atoms with van der Waals surface area (Å²) in [6, 6.07) is 13.9. The van der Waals surface area contributed by atoms with Crippen LogP contribution in [0.4, 0.5) is 5.69 Å². The molecule has 3 rings (SSSR count). The number of benzene rings is 1. The fraction of sp³-hybridized carbons (Fsp3) is 0.333. The summed E-state index contributed by atoms with van der Waals surface area (Å²) in [5.74, 6) is -0.138. The standard InChI is InChI=1S/C21H26N4O/c1-16(18-9-12-25(2)13-10-18)24-21(26)20-14-19(8-11-22-20)23-15-17-6-4-3-5-7-17/h3-9,11,14,16H,10,12-13,15H2,1-2H3,(H,22,23)(H,24,26). The molecular weight excluding hydrogens is 324 g/mol. The number of nitrogens with one attached hydrogen (secondary N) is 2. The van der Waals surface area contributed by atoms with Crippen LogP contribution in [0.5, 0.6) is 0 Å². The van der Waals surface area contributed by atoms with E-state index < -0.39 is 0 Å². The average Bonchev–Trinajstić information content (AvgIpc) is 2.68. The average molecular weight is 350 g/mol. The maximum absolute atomic E-state index is 12.5. The van der Waals surface area contributed by atoms with E-state index in [2.05, 4.69) is 45.8 Å². The molecule has 1 aliphatic heterocycles. The molecule has 0 saturated heterocycles. The Kier molecular flexibility index (Phi) is 6.02. The van der Waals surface area contributed by atoms with Gasteiger partial charge in [0.05, 0.1) is 0 Å². The van der Waals surface area contributed by atoms with Gasteiger partial charge < -0.3 is 15.5 Å². The minimum atomic E-state index is -0.138. The zero-order valence-corrected chi connectivity index (χ0v) is 15.4. The number of amides is 1. The van der Waals surface area contributed by atoms with Crippen molar-refractivity contribution in [3.63, 3.8) is 0 Å². The number of carbonyl (C=O) groups excluding carboxylic acids is 1. The first-order valence-corrected chi connectivity index (χ1v) is 9.04. The van der Waals surface area contributed by atoms with Gasteiger partial charge in [0.2, 0.25) is 0 Å². The molecule has 1 aromatic carbocycles. The van der Waals surface area contributed by atoms with Crippen molar-refractivity contribution < 1.29 is 4.79 Å². The molecule has 0 aliphatic carbocycles. The molecule has 5 heteroatoms. The van der Waals surface area contributed by atoms with E-state index in [-0.39, 0.29) is 11.9 Å². The third-order valence-corrected chi connectivity index (χ3v) is 4.68. The quantitative estimate of drug-likeness (QED) is 0.786. The van der Waals surface area contributed by atoms with E-state index >= 15 is 0 Å². The first-order chi connectivity index (χ1) is 12.6. The summed E-state index contributed by atoms with van der Waals surface area (Å²) in [5.41, 5.74) is 3.80. The summed E-state index contributed by atoms with van der Waals surface area (Å²) < 4.78 is 0. The van der Waals surface area contributed by atoms with Crippen LogP contribution in [0.1, 0.15) is 29.4 Å². The summed E-state index contributed by atoms with van der Waals surface area (Å²) in [5, 5.41) is 6.41. The summed E-state index contributed by atoms with van der Waals surface area (Å²) in [4.78, 5) is 19.0. The fourth-order valence-electron chi connectivity index (χ4n) is 3.01. The second-order valence-corrected chi connectivity index (χ2v) is 6.76. The van der Waals surface area contributed by atoms with Crippen molar-refractivity contribution in [2.45, 2.75) is 25.9 Å². The highest BCUT2D eigenvalue weighted by molar-refractivity contribution is 5.93. The van der Waals surface area contributed by atoms with Crippen molar-refractivity contribution in [2.24, 2.45) is 0 Å². The van der Waals surface area contributed by atoms with Gasteiger partial charge in [-0.25, -0.2) is 0 Å². The van der Waals surface area contributed by atoms with Gasteiger partial charge in [0, 0.05) is 37.6 Å². The third kappa shape index (κ3) is 4.92. The summed E-state index contributed by atoms with van der Waals surface area (Å²) in [7, 11) is 2.11. The van der Waals surface area contributed by atoms with E-state index in [1.165, 1.54) is 11.1 Å². The van der Waals surface area contributed by atoms with Gasteiger partial charge in [0.15, 0.2) is 0 Å². The highest BCUT2D eigenvalue weighted by atomic mass is 16.1. The van der Waals surface area contributed by atoms with E-state index in [0.29, 0.717) is 12.2 Å². The second kappa shape index (κ2) is 8.63. The SMILES string of the molecule is CC(NC(=O)c1cc(NCc2ccccc2)ccn1)C1=CCN(C)CC1. The molecule has 1 atom stereocenters. The fourth-order valence-corrected chi connectivity index (χ4v) is 3.01. The summed E-state index contributed by atoms with van der Waals surface area (Å²) in [6.45, 7) is 4.71. The van der Waals surface area contributed by atoms with E-state index in [1.807, 2.05) is 31.2 Å². The minimum absolute atomic E-state index is 0.0268. The third-order valence-electron chi connectivity index (χ3n) is 4.68. The predicted molar refractivity (Wildman–Crippen MR) is 105 cm³/mol. The van der Waals surface area contributed by atoms with Gasteiger partial charge in [-0.05, 0) is 43.7 Å². The van der Waals surface area contributed by atoms with E-state index in [9.17, 15) is 4.79 Å². The van der Waals surface area contributed by atoms with Crippen molar-refractivity contribution in [2.75, 3.05) is 25.5 Å². The molecular formula is C21H26N4O. The molecule has 2 heterocycles. The van der Waals surface area contributed by atoms with Crippen LogP contribution >= 0.6 is 0 Å². The van der Waals surface area contributed by atoms with Gasteiger partial charge in [0.25, 0.3) is 5.91 Å². The predicted octanol–water partition coefficient (Wildman–Crippen LogP) is 3.07. The first kappa shape index (κ1) is 18.1. The van der Waals surface area contributed by atoms with E-state index in [1.54, 1.807) is 12.3 Å². The lowest BCUT2D eigenvalue weighted by Gasteiger charge is -2.26. The number of carbonyl (C=O) groups is 1. The highest BCUT2D eigenvalue weighted by Gasteiger charge is 2.17. The van der Waals surface area contributed by atoms with E-state index in [0.717, 1.165) is 25.2 Å². The Morgan fingerprint density at radius 2 is 2.08 bits per heavy atom. The Morgan fingerprint density at radius 3 is 2.81 bits per heavy atom. The number of nitrogens with zero attached hydrogens (tertiary/aromatic N) is 2. The van der Waals surface area contributed by atoms with Crippen molar-refractivity contribution in [1.29, 1.82) is 0 Å². The molecule has 2 aromatic rings. The van der Waals surface area contributed by atoms with Crippen LogP contribution in [-0.2, 0) is 6.54 Å². The van der Waals surface area contributed by atoms with Crippen LogP contribution < -0.4 is 10.6 Å². The molecule has 136 valence electrons. The zero-order chi connectivity index (χ0) is 18.4. The molecule has 1 amide bonds. The Labute approximate surface area is 155 Å². The Hall–Kier alpha value is -2.66. The first-order valence-electron chi connectivity index (χ1n) is 9.04. The minimum Gasteiger partial charge on any atom is -0.381 e. The largest absolute Gasteiger partial charge is 0.381 e. The molecule has 0 radical (unpaired) electrons. The van der Waals surface area contributed by atoms with Gasteiger partial charge in [-0.15, -0.1) is 0 Å². The molecule has 2 N–H and O–H groups in total. The molecule has 5 nitrogen and oxygen atoms in total. The second-order valence-electron chi connectivity index (χ2n) is 6.76. The summed E-state index contributed by atoms with van der Waals surface area (Å²) in [6.07, 6.45) is 4.87. The van der Waals surface area contributed by atoms with Gasteiger partial charge in [-0.3, -0.25) is 9.78 Å². The van der Waals surface area contributed by atoms with Crippen molar-refractivity contribution in [3.8, 4) is 0 Å². The molecule has 1 aromatic heterocycles. The monoisotopic (exact) mass is 350 g/mol. The number of pyridine rings is 1. The lowest BCUT2D eigenvalue weighted by molar-refractivity contribution is 0.0939. The number of anilines is 1. The van der Waals surface area contributed by atoms with Gasteiger partial charge in [-0.2, -0.15) is 0 Å². The smallest absolute Gasteiger partial charge is 0.270 e. The number of likely N-dealkylation sites (N-methyl/N-ethyl adjacent to an activating group) is 1. The molecule has 1 unspecified atom stereocenters. The maximum Gasteiger partial charge on any atom is 0.270 e. The summed E-state index contributed by atoms with van der Waals surface area (Å²) >= 11 is 0. The Morgan fingerprint density at radius 1 is 1.27 bits per heavy atom. The van der Waals surface area contributed by atoms with Gasteiger partial charge in [0.1, 0.15) is 5.69 Å². The van der Waals surface area contributed by atoms with Crippen LogP contribution in [0.3, 0.4) is 0 Å².